The summed E-state index contributed by atoms with van der Waals surface area (Å²) in [4.78, 5) is 4.20. The molecule has 1 rings (SSSR count). The Morgan fingerprint density at radius 2 is 2.20 bits per heavy atom. The molecule has 10 heavy (non-hydrogen) atoms. The maximum absolute atomic E-state index is 4.20. The van der Waals surface area contributed by atoms with E-state index in [1.165, 1.54) is 5.69 Å². The van der Waals surface area contributed by atoms with Crippen molar-refractivity contribution in [2.75, 3.05) is 0 Å². The summed E-state index contributed by atoms with van der Waals surface area (Å²) < 4.78 is 2.11. The Kier molecular flexibility index (Phi) is 3.76. The maximum Gasteiger partial charge on any atom is 0.108 e. The van der Waals surface area contributed by atoms with Crippen molar-refractivity contribution in [3.63, 3.8) is 0 Å². The molecule has 0 saturated heterocycles. The Bertz CT molecular complexity index is 205. The number of aryl methyl sites for hydroxylation is 2. The van der Waals surface area contributed by atoms with Gasteiger partial charge in [0.1, 0.15) is 5.82 Å². The zero-order valence-corrected chi connectivity index (χ0v) is 8.02. The van der Waals surface area contributed by atoms with Crippen LogP contribution in [-0.2, 0) is 32.0 Å². The van der Waals surface area contributed by atoms with Crippen LogP contribution >= 0.6 is 0 Å². The van der Waals surface area contributed by atoms with E-state index in [9.17, 15) is 0 Å². The van der Waals surface area contributed by atoms with Crippen LogP contribution in [0.25, 0.3) is 0 Å². The standard InChI is InChI=1S/C7H12N2.V/c1-4-7-8-5-6(2)9(7)3;/h5H,4H2,1-3H3;. The van der Waals surface area contributed by atoms with E-state index in [-0.39, 0.29) is 18.6 Å². The summed E-state index contributed by atoms with van der Waals surface area (Å²) in [6, 6.07) is 0. The first-order chi connectivity index (χ1) is 4.25. The Labute approximate surface area is 73.5 Å². The van der Waals surface area contributed by atoms with Crippen molar-refractivity contribution in [2.45, 2.75) is 20.3 Å². The molecule has 0 atom stereocenters. The second-order valence-electron chi connectivity index (χ2n) is 2.23. The number of rotatable bonds is 1. The fraction of sp³-hybridized carbons (Fsp3) is 0.571. The Hall–Kier alpha value is -0.206. The second kappa shape index (κ2) is 3.84. The Morgan fingerprint density at radius 3 is 2.40 bits per heavy atom. The number of imidazole rings is 1. The van der Waals surface area contributed by atoms with Crippen LogP contribution in [0.4, 0.5) is 0 Å². The molecule has 0 N–H and O–H groups in total. The number of aromatic nitrogens is 2. The monoisotopic (exact) mass is 175 g/mol. The van der Waals surface area contributed by atoms with Crippen LogP contribution in [0, 0.1) is 6.92 Å². The van der Waals surface area contributed by atoms with E-state index in [1.54, 1.807) is 0 Å². The zero-order chi connectivity index (χ0) is 6.85. The Balaban J connectivity index is 0.000000810. The van der Waals surface area contributed by atoms with Gasteiger partial charge in [-0.2, -0.15) is 0 Å². The summed E-state index contributed by atoms with van der Waals surface area (Å²) in [5.74, 6) is 1.16. The molecule has 0 spiro atoms. The minimum Gasteiger partial charge on any atom is -0.335 e. The number of hydrogen-bond donors (Lipinski definition) is 0. The number of hydrogen-bond acceptors (Lipinski definition) is 1. The van der Waals surface area contributed by atoms with Crippen LogP contribution in [0.1, 0.15) is 18.4 Å². The van der Waals surface area contributed by atoms with E-state index in [0.717, 1.165) is 12.2 Å². The fourth-order valence-corrected chi connectivity index (χ4v) is 0.873. The minimum absolute atomic E-state index is 0. The van der Waals surface area contributed by atoms with Crippen molar-refractivity contribution < 1.29 is 18.6 Å². The molecule has 0 amide bonds. The van der Waals surface area contributed by atoms with Gasteiger partial charge >= 0.3 is 0 Å². The summed E-state index contributed by atoms with van der Waals surface area (Å²) >= 11 is 0. The SMILES string of the molecule is CCc1ncc(C)n1C.[V]. The predicted molar refractivity (Wildman–Crippen MR) is 37.3 cm³/mol. The third-order valence-electron chi connectivity index (χ3n) is 1.63. The molecule has 0 aliphatic rings. The summed E-state index contributed by atoms with van der Waals surface area (Å²) in [7, 11) is 2.04. The van der Waals surface area contributed by atoms with E-state index in [2.05, 4.69) is 23.4 Å². The average Bonchev–Trinajstić information content (AvgIpc) is 2.15. The fourth-order valence-electron chi connectivity index (χ4n) is 0.873. The van der Waals surface area contributed by atoms with Crippen molar-refractivity contribution in [3.8, 4) is 0 Å². The van der Waals surface area contributed by atoms with E-state index in [1.807, 2.05) is 13.2 Å². The molecular formula is C7H12N2V. The molecule has 55 valence electrons. The number of nitrogens with zero attached hydrogens (tertiary/aromatic N) is 2. The van der Waals surface area contributed by atoms with Crippen LogP contribution in [0.2, 0.25) is 0 Å². The van der Waals surface area contributed by atoms with Crippen LogP contribution < -0.4 is 0 Å². The molecule has 2 nitrogen and oxygen atoms in total. The van der Waals surface area contributed by atoms with Crippen LogP contribution in [0.5, 0.6) is 0 Å². The van der Waals surface area contributed by atoms with Crippen molar-refractivity contribution >= 4 is 0 Å². The van der Waals surface area contributed by atoms with Gasteiger partial charge in [0.05, 0.1) is 0 Å². The van der Waals surface area contributed by atoms with Crippen molar-refractivity contribution in [1.29, 1.82) is 0 Å². The van der Waals surface area contributed by atoms with Gasteiger partial charge in [0, 0.05) is 43.9 Å². The van der Waals surface area contributed by atoms with Crippen LogP contribution in [-0.4, -0.2) is 9.55 Å². The first-order valence-corrected chi connectivity index (χ1v) is 3.23. The van der Waals surface area contributed by atoms with Gasteiger partial charge in [0.25, 0.3) is 0 Å². The van der Waals surface area contributed by atoms with Gasteiger partial charge in [-0.25, -0.2) is 4.98 Å². The molecule has 1 aromatic heterocycles. The van der Waals surface area contributed by atoms with Gasteiger partial charge in [-0.3, -0.25) is 0 Å². The topological polar surface area (TPSA) is 17.8 Å². The molecule has 0 unspecified atom stereocenters. The van der Waals surface area contributed by atoms with Crippen molar-refractivity contribution in [3.05, 3.63) is 17.7 Å². The van der Waals surface area contributed by atoms with Gasteiger partial charge < -0.3 is 4.57 Å². The molecule has 0 bridgehead atoms. The molecular weight excluding hydrogens is 163 g/mol. The minimum atomic E-state index is 0. The summed E-state index contributed by atoms with van der Waals surface area (Å²) in [5.41, 5.74) is 1.23. The molecule has 0 fully saturated rings. The van der Waals surface area contributed by atoms with E-state index in [0.29, 0.717) is 0 Å². The van der Waals surface area contributed by atoms with Gasteiger partial charge in [-0.15, -0.1) is 0 Å². The van der Waals surface area contributed by atoms with E-state index < -0.39 is 0 Å². The molecule has 1 aromatic rings. The van der Waals surface area contributed by atoms with E-state index in [4.69, 9.17) is 0 Å². The third-order valence-corrected chi connectivity index (χ3v) is 1.63. The summed E-state index contributed by atoms with van der Waals surface area (Å²) in [6.07, 6.45) is 2.92. The Morgan fingerprint density at radius 1 is 1.60 bits per heavy atom. The van der Waals surface area contributed by atoms with Gasteiger partial charge in [-0.1, -0.05) is 6.92 Å². The van der Waals surface area contributed by atoms with Gasteiger partial charge in [0.15, 0.2) is 0 Å². The summed E-state index contributed by atoms with van der Waals surface area (Å²) in [6.45, 7) is 4.17. The van der Waals surface area contributed by atoms with Crippen LogP contribution in [0.15, 0.2) is 6.20 Å². The molecule has 0 aliphatic heterocycles. The predicted octanol–water partition coefficient (Wildman–Crippen LogP) is 1.29. The maximum atomic E-state index is 4.20. The van der Waals surface area contributed by atoms with Crippen molar-refractivity contribution in [2.24, 2.45) is 7.05 Å². The first kappa shape index (κ1) is 9.79. The largest absolute Gasteiger partial charge is 0.335 e. The molecule has 0 aliphatic carbocycles. The smallest absolute Gasteiger partial charge is 0.108 e. The molecule has 0 aromatic carbocycles. The molecule has 1 heterocycles. The van der Waals surface area contributed by atoms with E-state index >= 15 is 0 Å². The van der Waals surface area contributed by atoms with Gasteiger partial charge in [-0.05, 0) is 6.92 Å². The van der Waals surface area contributed by atoms with Gasteiger partial charge in [0.2, 0.25) is 0 Å². The van der Waals surface area contributed by atoms with Crippen molar-refractivity contribution in [1.82, 2.24) is 9.55 Å². The summed E-state index contributed by atoms with van der Waals surface area (Å²) in [5, 5.41) is 0. The second-order valence-corrected chi connectivity index (χ2v) is 2.23. The first-order valence-electron chi connectivity index (χ1n) is 3.23. The van der Waals surface area contributed by atoms with Crippen LogP contribution in [0.3, 0.4) is 0 Å². The molecule has 0 saturated carbocycles. The quantitative estimate of drug-likeness (QED) is 0.628. The zero-order valence-electron chi connectivity index (χ0n) is 6.63. The normalized spacial score (nSPS) is 9.10. The average molecular weight is 175 g/mol. The molecule has 3 heteroatoms. The molecule has 1 radical (unpaired) electrons. The third kappa shape index (κ3) is 1.64.